The second-order valence-electron chi connectivity index (χ2n) is 3.44. The van der Waals surface area contributed by atoms with Gasteiger partial charge in [-0.15, -0.1) is 11.3 Å². The highest BCUT2D eigenvalue weighted by Crippen LogP contribution is 2.31. The summed E-state index contributed by atoms with van der Waals surface area (Å²) < 4.78 is 6.86. The minimum atomic E-state index is 0.460. The number of anilines is 1. The second kappa shape index (κ2) is 6.14. The molecule has 2 aromatic rings. The van der Waals surface area contributed by atoms with Crippen molar-refractivity contribution in [1.82, 2.24) is 9.97 Å². The zero-order valence-corrected chi connectivity index (χ0v) is 13.6. The van der Waals surface area contributed by atoms with Crippen molar-refractivity contribution in [2.24, 2.45) is 0 Å². The number of halogens is 2. The number of nitrogens with one attached hydrogen (secondary N) is 1. The molecule has 0 aromatic carbocycles. The molecule has 0 unspecified atom stereocenters. The molecule has 96 valence electrons. The molecule has 7 heteroatoms. The Morgan fingerprint density at radius 3 is 2.78 bits per heavy atom. The first kappa shape index (κ1) is 14.0. The van der Waals surface area contributed by atoms with Gasteiger partial charge in [0, 0.05) is 14.2 Å². The Bertz CT molecular complexity index is 561. The van der Waals surface area contributed by atoms with Crippen LogP contribution >= 0.6 is 45.5 Å². The monoisotopic (exact) mass is 395 g/mol. The molecular formula is C11H11ClIN3OS. The fraction of sp³-hybridized carbons (Fsp3) is 0.273. The molecule has 0 aliphatic rings. The molecule has 4 nitrogen and oxygen atoms in total. The summed E-state index contributed by atoms with van der Waals surface area (Å²) in [6.45, 7) is 0.460. The van der Waals surface area contributed by atoms with Crippen LogP contribution in [0.15, 0.2) is 12.1 Å². The number of ether oxygens (including phenoxy) is 1. The van der Waals surface area contributed by atoms with E-state index < -0.39 is 0 Å². The van der Waals surface area contributed by atoms with E-state index in [1.165, 1.54) is 11.3 Å². The van der Waals surface area contributed by atoms with Crippen LogP contribution in [-0.4, -0.2) is 24.1 Å². The highest BCUT2D eigenvalue weighted by atomic mass is 127. The van der Waals surface area contributed by atoms with Gasteiger partial charge in [0.25, 0.3) is 0 Å². The van der Waals surface area contributed by atoms with Crippen LogP contribution in [0.4, 0.5) is 5.82 Å². The van der Waals surface area contributed by atoms with Crippen LogP contribution in [0.1, 0.15) is 5.69 Å². The Balaban J connectivity index is 2.51. The van der Waals surface area contributed by atoms with Gasteiger partial charge in [-0.25, -0.2) is 9.97 Å². The molecule has 0 spiro atoms. The molecule has 18 heavy (non-hydrogen) atoms. The lowest BCUT2D eigenvalue weighted by Crippen LogP contribution is -2.05. The van der Waals surface area contributed by atoms with Crippen LogP contribution in [0.2, 0.25) is 4.34 Å². The first-order chi connectivity index (χ1) is 8.65. The van der Waals surface area contributed by atoms with Gasteiger partial charge < -0.3 is 10.1 Å². The fourth-order valence-electron chi connectivity index (χ4n) is 1.44. The first-order valence-corrected chi connectivity index (χ1v) is 7.42. The van der Waals surface area contributed by atoms with Gasteiger partial charge in [-0.2, -0.15) is 0 Å². The molecule has 0 saturated heterocycles. The van der Waals surface area contributed by atoms with E-state index in [-0.39, 0.29) is 0 Å². The lowest BCUT2D eigenvalue weighted by molar-refractivity contribution is 0.181. The molecule has 0 saturated carbocycles. The highest BCUT2D eigenvalue weighted by molar-refractivity contribution is 14.1. The molecule has 2 heterocycles. The minimum Gasteiger partial charge on any atom is -0.378 e. The van der Waals surface area contributed by atoms with Crippen LogP contribution in [-0.2, 0) is 11.3 Å². The SMILES string of the molecule is CNc1nc(-c2ccc(Cl)s2)nc(COC)c1I. The summed E-state index contributed by atoms with van der Waals surface area (Å²) in [5, 5.41) is 3.07. The van der Waals surface area contributed by atoms with Crippen molar-refractivity contribution in [3.05, 3.63) is 25.7 Å². The molecular weight excluding hydrogens is 385 g/mol. The van der Waals surface area contributed by atoms with Crippen LogP contribution in [0, 0.1) is 3.57 Å². The minimum absolute atomic E-state index is 0.460. The van der Waals surface area contributed by atoms with Crippen LogP contribution in [0.5, 0.6) is 0 Å². The van der Waals surface area contributed by atoms with Crippen LogP contribution in [0.25, 0.3) is 10.7 Å². The third-order valence-corrected chi connectivity index (χ3v) is 4.59. The van der Waals surface area contributed by atoms with Crippen molar-refractivity contribution in [3.63, 3.8) is 0 Å². The fourth-order valence-corrected chi connectivity index (χ4v) is 3.08. The van der Waals surface area contributed by atoms with Crippen molar-refractivity contribution < 1.29 is 4.74 Å². The highest BCUT2D eigenvalue weighted by Gasteiger charge is 2.13. The van der Waals surface area contributed by atoms with Crippen molar-refractivity contribution in [2.75, 3.05) is 19.5 Å². The quantitative estimate of drug-likeness (QED) is 0.803. The zero-order chi connectivity index (χ0) is 13.1. The average molecular weight is 396 g/mol. The van der Waals surface area contributed by atoms with Crippen molar-refractivity contribution in [3.8, 4) is 10.7 Å². The summed E-state index contributed by atoms with van der Waals surface area (Å²) >= 11 is 9.61. The molecule has 0 aliphatic heterocycles. The van der Waals surface area contributed by atoms with Gasteiger partial charge >= 0.3 is 0 Å². The van der Waals surface area contributed by atoms with Crippen molar-refractivity contribution >= 4 is 51.3 Å². The van der Waals surface area contributed by atoms with E-state index in [1.54, 1.807) is 7.11 Å². The summed E-state index contributed by atoms with van der Waals surface area (Å²) in [7, 11) is 3.49. The van der Waals surface area contributed by atoms with E-state index >= 15 is 0 Å². The maximum atomic E-state index is 5.94. The maximum Gasteiger partial charge on any atom is 0.172 e. The van der Waals surface area contributed by atoms with Gasteiger partial charge in [-0.1, -0.05) is 11.6 Å². The Morgan fingerprint density at radius 2 is 2.22 bits per heavy atom. The van der Waals surface area contributed by atoms with Crippen molar-refractivity contribution in [2.45, 2.75) is 6.61 Å². The number of methoxy groups -OCH3 is 1. The topological polar surface area (TPSA) is 47.0 Å². The smallest absolute Gasteiger partial charge is 0.172 e. The second-order valence-corrected chi connectivity index (χ2v) is 6.24. The third-order valence-electron chi connectivity index (χ3n) is 2.23. The summed E-state index contributed by atoms with van der Waals surface area (Å²) in [4.78, 5) is 9.96. The molecule has 0 atom stereocenters. The Hall–Kier alpha value is -0.440. The Morgan fingerprint density at radius 1 is 1.44 bits per heavy atom. The summed E-state index contributed by atoms with van der Waals surface area (Å²) in [5.41, 5.74) is 0.872. The lowest BCUT2D eigenvalue weighted by atomic mass is 10.3. The molecule has 0 amide bonds. The average Bonchev–Trinajstić information content (AvgIpc) is 2.79. The van der Waals surface area contributed by atoms with E-state index in [0.29, 0.717) is 12.4 Å². The Kier molecular flexibility index (Phi) is 4.77. The van der Waals surface area contributed by atoms with Gasteiger partial charge in [-0.3, -0.25) is 0 Å². The molecule has 0 bridgehead atoms. The molecule has 1 N–H and O–H groups in total. The number of nitrogens with zero attached hydrogens (tertiary/aromatic N) is 2. The lowest BCUT2D eigenvalue weighted by Gasteiger charge is -2.09. The number of hydrogen-bond acceptors (Lipinski definition) is 5. The van der Waals surface area contributed by atoms with Crippen molar-refractivity contribution in [1.29, 1.82) is 0 Å². The van der Waals surface area contributed by atoms with E-state index in [1.807, 2.05) is 19.2 Å². The van der Waals surface area contributed by atoms with Crippen LogP contribution in [0.3, 0.4) is 0 Å². The van der Waals surface area contributed by atoms with E-state index in [2.05, 4.69) is 37.9 Å². The third kappa shape index (κ3) is 2.93. The largest absolute Gasteiger partial charge is 0.378 e. The van der Waals surface area contributed by atoms with Crippen LogP contribution < -0.4 is 5.32 Å². The molecule has 0 aliphatic carbocycles. The zero-order valence-electron chi connectivity index (χ0n) is 9.83. The number of hydrogen-bond donors (Lipinski definition) is 1. The van der Waals surface area contributed by atoms with Gasteiger partial charge in [0.15, 0.2) is 5.82 Å². The molecule has 2 aromatic heterocycles. The van der Waals surface area contributed by atoms with E-state index in [0.717, 1.165) is 24.3 Å². The standard InChI is InChI=1S/C11H11ClIN3OS/c1-14-11-9(13)6(5-17-2)15-10(16-11)7-3-4-8(12)18-7/h3-4H,5H2,1-2H3,(H,14,15,16). The predicted octanol–water partition coefficient (Wildman–Crippen LogP) is 3.65. The van der Waals surface area contributed by atoms with Gasteiger partial charge in [-0.05, 0) is 34.7 Å². The molecule has 2 rings (SSSR count). The number of thiophene rings is 1. The summed E-state index contributed by atoms with van der Waals surface area (Å²) in [6, 6.07) is 3.77. The molecule has 0 radical (unpaired) electrons. The summed E-state index contributed by atoms with van der Waals surface area (Å²) in [5.74, 6) is 1.47. The van der Waals surface area contributed by atoms with E-state index in [9.17, 15) is 0 Å². The van der Waals surface area contributed by atoms with Gasteiger partial charge in [0.05, 0.1) is 25.1 Å². The van der Waals surface area contributed by atoms with Gasteiger partial charge in [0.1, 0.15) is 5.82 Å². The Labute approximate surface area is 128 Å². The molecule has 0 fully saturated rings. The summed E-state index contributed by atoms with van der Waals surface area (Å²) in [6.07, 6.45) is 0. The van der Waals surface area contributed by atoms with E-state index in [4.69, 9.17) is 16.3 Å². The maximum absolute atomic E-state index is 5.94. The normalized spacial score (nSPS) is 10.7. The number of rotatable bonds is 4. The predicted molar refractivity (Wildman–Crippen MR) is 83.3 cm³/mol. The number of aromatic nitrogens is 2. The van der Waals surface area contributed by atoms with Gasteiger partial charge in [0.2, 0.25) is 0 Å². The first-order valence-electron chi connectivity index (χ1n) is 5.14.